The van der Waals surface area contributed by atoms with Crippen molar-refractivity contribution in [2.24, 2.45) is 0 Å². The average Bonchev–Trinajstić information content (AvgIpc) is 2.85. The van der Waals surface area contributed by atoms with Gasteiger partial charge in [-0.15, -0.1) is 0 Å². The molecule has 0 spiro atoms. The number of imidazole rings is 1. The number of nitrogens with one attached hydrogen (secondary N) is 1. The van der Waals surface area contributed by atoms with Gasteiger partial charge >= 0.3 is 0 Å². The molecule has 0 bridgehead atoms. The summed E-state index contributed by atoms with van der Waals surface area (Å²) >= 11 is 5.42. The fourth-order valence-corrected chi connectivity index (χ4v) is 2.98. The minimum Gasteiger partial charge on any atom is -0.329 e. The molecule has 0 radical (unpaired) electrons. The van der Waals surface area contributed by atoms with Gasteiger partial charge in [-0.25, -0.2) is 4.98 Å². The summed E-state index contributed by atoms with van der Waals surface area (Å²) in [5.74, 6) is 0. The van der Waals surface area contributed by atoms with Crippen molar-refractivity contribution in [3.63, 3.8) is 0 Å². The third kappa shape index (κ3) is 1.40. The lowest BCUT2D eigenvalue weighted by molar-refractivity contribution is 0.523. The number of pyridine rings is 1. The molecule has 1 fully saturated rings. The third-order valence-corrected chi connectivity index (χ3v) is 3.81. The van der Waals surface area contributed by atoms with Gasteiger partial charge in [-0.2, -0.15) is 0 Å². The smallest absolute Gasteiger partial charge is 0.179 e. The summed E-state index contributed by atoms with van der Waals surface area (Å²) in [6.07, 6.45) is 6.95. The predicted octanol–water partition coefficient (Wildman–Crippen LogP) is 3.52. The van der Waals surface area contributed by atoms with Crippen molar-refractivity contribution in [3.8, 4) is 0 Å². The van der Waals surface area contributed by atoms with Crippen molar-refractivity contribution in [3.05, 3.63) is 22.6 Å². The summed E-state index contributed by atoms with van der Waals surface area (Å²) in [6, 6.07) is 2.57. The maximum absolute atomic E-state index is 5.42. The second kappa shape index (κ2) is 3.70. The van der Waals surface area contributed by atoms with Crippen LogP contribution in [0.25, 0.3) is 11.2 Å². The normalized spacial score (nSPS) is 17.3. The lowest BCUT2D eigenvalue weighted by Gasteiger charge is -2.11. The monoisotopic (exact) mass is 233 g/mol. The summed E-state index contributed by atoms with van der Waals surface area (Å²) in [5.41, 5.74) is 3.34. The largest absolute Gasteiger partial charge is 0.329 e. The van der Waals surface area contributed by atoms with E-state index in [4.69, 9.17) is 12.2 Å². The van der Waals surface area contributed by atoms with Gasteiger partial charge in [0, 0.05) is 12.2 Å². The lowest BCUT2D eigenvalue weighted by atomic mass is 10.2. The van der Waals surface area contributed by atoms with Gasteiger partial charge in [0.2, 0.25) is 0 Å². The van der Waals surface area contributed by atoms with Crippen LogP contribution in [0.3, 0.4) is 0 Å². The van der Waals surface area contributed by atoms with Crippen LogP contribution in [-0.2, 0) is 0 Å². The van der Waals surface area contributed by atoms with E-state index in [9.17, 15) is 0 Å². The number of aromatic nitrogens is 3. The number of nitrogens with zero attached hydrogens (tertiary/aromatic N) is 2. The van der Waals surface area contributed by atoms with Crippen LogP contribution in [0, 0.1) is 11.7 Å². The summed E-state index contributed by atoms with van der Waals surface area (Å²) in [5, 5.41) is 0. The van der Waals surface area contributed by atoms with Gasteiger partial charge in [0.05, 0.1) is 5.52 Å². The van der Waals surface area contributed by atoms with Crippen LogP contribution in [0.4, 0.5) is 0 Å². The average molecular weight is 233 g/mol. The van der Waals surface area contributed by atoms with Crippen molar-refractivity contribution in [1.82, 2.24) is 14.5 Å². The van der Waals surface area contributed by atoms with Crippen molar-refractivity contribution in [1.29, 1.82) is 0 Å². The SMILES string of the molecule is Cc1ccnc2c1[nH]c(=S)n2C1CCCC1. The van der Waals surface area contributed by atoms with Gasteiger partial charge in [-0.05, 0) is 43.6 Å². The molecule has 1 N–H and O–H groups in total. The Morgan fingerprint density at radius 1 is 1.44 bits per heavy atom. The van der Waals surface area contributed by atoms with E-state index in [1.165, 1.54) is 31.2 Å². The molecule has 4 heteroatoms. The first-order valence-electron chi connectivity index (χ1n) is 5.83. The van der Waals surface area contributed by atoms with Crippen molar-refractivity contribution in [2.75, 3.05) is 0 Å². The number of hydrogen-bond acceptors (Lipinski definition) is 2. The quantitative estimate of drug-likeness (QED) is 0.765. The molecular formula is C12H15N3S. The highest BCUT2D eigenvalue weighted by Crippen LogP contribution is 2.32. The molecule has 0 aliphatic heterocycles. The molecular weight excluding hydrogens is 218 g/mol. The van der Waals surface area contributed by atoms with Crippen LogP contribution in [0.1, 0.15) is 37.3 Å². The topological polar surface area (TPSA) is 33.6 Å². The van der Waals surface area contributed by atoms with E-state index in [2.05, 4.69) is 21.5 Å². The van der Waals surface area contributed by atoms with Gasteiger partial charge < -0.3 is 4.98 Å². The Labute approximate surface area is 99.5 Å². The molecule has 0 unspecified atom stereocenters. The molecule has 2 aromatic rings. The maximum Gasteiger partial charge on any atom is 0.179 e. The highest BCUT2D eigenvalue weighted by atomic mass is 32.1. The van der Waals surface area contributed by atoms with Crippen molar-refractivity contribution < 1.29 is 0 Å². The molecule has 2 heterocycles. The van der Waals surface area contributed by atoms with Gasteiger partial charge in [-0.1, -0.05) is 12.8 Å². The molecule has 0 amide bonds. The van der Waals surface area contributed by atoms with Crippen LogP contribution in [0.2, 0.25) is 0 Å². The zero-order valence-electron chi connectivity index (χ0n) is 9.36. The van der Waals surface area contributed by atoms with E-state index < -0.39 is 0 Å². The van der Waals surface area contributed by atoms with Gasteiger partial charge in [-0.3, -0.25) is 4.57 Å². The zero-order valence-corrected chi connectivity index (χ0v) is 10.2. The number of rotatable bonds is 1. The van der Waals surface area contributed by atoms with Crippen LogP contribution in [0.15, 0.2) is 12.3 Å². The molecule has 2 aromatic heterocycles. The zero-order chi connectivity index (χ0) is 11.1. The first kappa shape index (κ1) is 10.0. The Hall–Kier alpha value is -1.16. The lowest BCUT2D eigenvalue weighted by Crippen LogP contribution is -2.05. The van der Waals surface area contributed by atoms with E-state index in [1.807, 2.05) is 12.3 Å². The number of aromatic amines is 1. The highest BCUT2D eigenvalue weighted by molar-refractivity contribution is 7.71. The van der Waals surface area contributed by atoms with E-state index in [0.717, 1.165) is 15.9 Å². The number of hydrogen-bond donors (Lipinski definition) is 1. The fourth-order valence-electron chi connectivity index (χ4n) is 2.65. The molecule has 3 rings (SSSR count). The number of aryl methyl sites for hydroxylation is 1. The van der Waals surface area contributed by atoms with Gasteiger partial charge in [0.15, 0.2) is 10.4 Å². The fraction of sp³-hybridized carbons (Fsp3) is 0.500. The minimum atomic E-state index is 0.551. The second-order valence-electron chi connectivity index (χ2n) is 4.56. The minimum absolute atomic E-state index is 0.551. The molecule has 1 saturated carbocycles. The molecule has 1 aliphatic carbocycles. The molecule has 1 aliphatic rings. The van der Waals surface area contributed by atoms with Crippen LogP contribution in [0.5, 0.6) is 0 Å². The Balaban J connectivity index is 2.27. The maximum atomic E-state index is 5.42. The highest BCUT2D eigenvalue weighted by Gasteiger charge is 2.20. The Kier molecular flexibility index (Phi) is 2.32. The summed E-state index contributed by atoms with van der Waals surface area (Å²) in [7, 11) is 0. The van der Waals surface area contributed by atoms with Crippen molar-refractivity contribution >= 4 is 23.4 Å². The molecule has 0 saturated heterocycles. The number of fused-ring (bicyclic) bond motifs is 1. The summed E-state index contributed by atoms with van der Waals surface area (Å²) in [6.45, 7) is 2.09. The van der Waals surface area contributed by atoms with Crippen molar-refractivity contribution in [2.45, 2.75) is 38.6 Å². The van der Waals surface area contributed by atoms with Crippen LogP contribution in [-0.4, -0.2) is 14.5 Å². The molecule has 84 valence electrons. The molecule has 16 heavy (non-hydrogen) atoms. The molecule has 0 aromatic carbocycles. The van der Waals surface area contributed by atoms with Gasteiger partial charge in [0.25, 0.3) is 0 Å². The van der Waals surface area contributed by atoms with E-state index >= 15 is 0 Å². The predicted molar refractivity (Wildman–Crippen MR) is 67.2 cm³/mol. The van der Waals surface area contributed by atoms with E-state index in [1.54, 1.807) is 0 Å². The summed E-state index contributed by atoms with van der Waals surface area (Å²) in [4.78, 5) is 7.76. The Morgan fingerprint density at radius 2 is 2.19 bits per heavy atom. The van der Waals surface area contributed by atoms with Crippen LogP contribution >= 0.6 is 12.2 Å². The van der Waals surface area contributed by atoms with E-state index in [-0.39, 0.29) is 0 Å². The summed E-state index contributed by atoms with van der Waals surface area (Å²) < 4.78 is 3.04. The van der Waals surface area contributed by atoms with Crippen LogP contribution < -0.4 is 0 Å². The number of H-pyrrole nitrogens is 1. The molecule has 3 nitrogen and oxygen atoms in total. The first-order valence-corrected chi connectivity index (χ1v) is 6.24. The first-order chi connectivity index (χ1) is 7.77. The van der Waals surface area contributed by atoms with E-state index in [0.29, 0.717) is 6.04 Å². The third-order valence-electron chi connectivity index (χ3n) is 3.51. The standard InChI is InChI=1S/C12H15N3S/c1-8-6-7-13-11-10(8)14-12(16)15(11)9-4-2-3-5-9/h6-7,9H,2-5H2,1H3,(H,14,16). The van der Waals surface area contributed by atoms with Gasteiger partial charge in [0.1, 0.15) is 0 Å². The Bertz CT molecular complexity index is 575. The Morgan fingerprint density at radius 3 is 2.94 bits per heavy atom. The second-order valence-corrected chi connectivity index (χ2v) is 4.95. The molecule has 0 atom stereocenters.